The number of aryl methyl sites for hydroxylation is 2. The van der Waals surface area contributed by atoms with E-state index in [0.29, 0.717) is 0 Å². The third-order valence-electron chi connectivity index (χ3n) is 7.29. The van der Waals surface area contributed by atoms with Gasteiger partial charge < -0.3 is 0 Å². The predicted octanol–water partition coefficient (Wildman–Crippen LogP) is 11.5. The Bertz CT molecular complexity index is 1710. The summed E-state index contributed by atoms with van der Waals surface area (Å²) in [4.78, 5) is 0. The quantitative estimate of drug-likeness (QED) is 0.165. The molecular weight excluding hydrogens is 639 g/mol. The van der Waals surface area contributed by atoms with Crippen LogP contribution in [0.1, 0.15) is 11.1 Å². The molecule has 0 unspecified atom stereocenters. The van der Waals surface area contributed by atoms with Crippen LogP contribution in [0.3, 0.4) is 0 Å². The van der Waals surface area contributed by atoms with Crippen molar-refractivity contribution in [3.8, 4) is 44.5 Å². The van der Waals surface area contributed by atoms with Gasteiger partial charge in [-0.25, -0.2) is 0 Å². The van der Waals surface area contributed by atoms with Crippen LogP contribution >= 0.6 is 38.5 Å². The summed E-state index contributed by atoms with van der Waals surface area (Å²) in [7, 11) is 0. The van der Waals surface area contributed by atoms with Crippen LogP contribution in [0.4, 0.5) is 0 Å². The highest BCUT2D eigenvalue weighted by atomic mass is 127. The van der Waals surface area contributed by atoms with E-state index in [9.17, 15) is 0 Å². The van der Waals surface area contributed by atoms with Gasteiger partial charge in [0, 0.05) is 13.6 Å². The van der Waals surface area contributed by atoms with Crippen molar-refractivity contribution in [3.05, 3.63) is 140 Å². The molecule has 0 heterocycles. The molecule has 0 aliphatic rings. The molecule has 0 amide bonds. The minimum atomic E-state index is 1.15. The maximum Gasteiger partial charge on any atom is 0.0393 e. The van der Waals surface area contributed by atoms with Crippen molar-refractivity contribution in [2.24, 2.45) is 0 Å². The maximum atomic E-state index is 3.98. The third-order valence-corrected chi connectivity index (χ3v) is 9.70. The van der Waals surface area contributed by atoms with E-state index < -0.39 is 0 Å². The Balaban J connectivity index is 1.70. The van der Waals surface area contributed by atoms with Gasteiger partial charge in [0.2, 0.25) is 0 Å². The van der Waals surface area contributed by atoms with Crippen molar-refractivity contribution in [3.63, 3.8) is 0 Å². The zero-order valence-electron chi connectivity index (χ0n) is 21.3. The first-order valence-corrected chi connectivity index (χ1v) is 14.6. The van der Waals surface area contributed by atoms with Gasteiger partial charge in [0.15, 0.2) is 0 Å². The van der Waals surface area contributed by atoms with Gasteiger partial charge in [-0.2, -0.15) is 0 Å². The highest BCUT2D eigenvalue weighted by Gasteiger charge is 2.19. The van der Waals surface area contributed by atoms with Gasteiger partial charge in [-0.15, -0.1) is 0 Å². The van der Waals surface area contributed by atoms with Crippen LogP contribution in [-0.2, 0) is 0 Å². The van der Waals surface area contributed by atoms with Gasteiger partial charge in [-0.05, 0) is 125 Å². The van der Waals surface area contributed by atoms with Crippen molar-refractivity contribution in [2.45, 2.75) is 13.8 Å². The van der Waals surface area contributed by atoms with Crippen molar-refractivity contribution >= 4 is 49.3 Å². The van der Waals surface area contributed by atoms with Gasteiger partial charge >= 0.3 is 0 Å². The molecule has 0 aliphatic carbocycles. The van der Waals surface area contributed by atoms with E-state index >= 15 is 0 Å². The van der Waals surface area contributed by atoms with Crippen molar-refractivity contribution in [1.29, 1.82) is 0 Å². The molecule has 0 radical (unpaired) electrons. The van der Waals surface area contributed by atoms with Crippen LogP contribution in [-0.4, -0.2) is 0 Å². The maximum absolute atomic E-state index is 3.98. The molecule has 0 bridgehead atoms. The molecule has 0 aliphatic heterocycles. The van der Waals surface area contributed by atoms with Crippen LogP contribution in [0.2, 0.25) is 0 Å². The largest absolute Gasteiger partial charge is 0.0622 e. The van der Waals surface area contributed by atoms with Gasteiger partial charge in [0.1, 0.15) is 0 Å². The molecule has 0 atom stereocenters. The minimum Gasteiger partial charge on any atom is -0.0622 e. The number of hydrogen-bond donors (Lipinski definition) is 0. The molecule has 6 aromatic carbocycles. The second kappa shape index (κ2) is 10.5. The molecular formula is C36H26BrI. The number of rotatable bonds is 4. The summed E-state index contributed by atoms with van der Waals surface area (Å²) in [5.41, 5.74) is 12.5. The molecule has 6 rings (SSSR count). The monoisotopic (exact) mass is 664 g/mol. The highest BCUT2D eigenvalue weighted by molar-refractivity contribution is 14.1. The summed E-state index contributed by atoms with van der Waals surface area (Å²) < 4.78 is 2.37. The predicted molar refractivity (Wildman–Crippen MR) is 176 cm³/mol. The molecule has 2 heteroatoms. The molecule has 0 spiro atoms. The fourth-order valence-electron chi connectivity index (χ4n) is 5.52. The minimum absolute atomic E-state index is 1.15. The molecule has 0 saturated heterocycles. The Morgan fingerprint density at radius 3 is 1.63 bits per heavy atom. The Morgan fingerprint density at radius 1 is 0.500 bits per heavy atom. The van der Waals surface area contributed by atoms with E-state index in [1.807, 2.05) is 0 Å². The first-order valence-electron chi connectivity index (χ1n) is 12.8. The Hall–Kier alpha value is -3.21. The summed E-state index contributed by atoms with van der Waals surface area (Å²) in [5.74, 6) is 0. The topological polar surface area (TPSA) is 0 Å². The average Bonchev–Trinajstić information content (AvgIpc) is 2.95. The van der Waals surface area contributed by atoms with E-state index in [4.69, 9.17) is 0 Å². The number of fused-ring (bicyclic) bond motifs is 1. The molecule has 0 N–H and O–H groups in total. The summed E-state index contributed by atoms with van der Waals surface area (Å²) in [6.07, 6.45) is 0. The first kappa shape index (κ1) is 25.1. The van der Waals surface area contributed by atoms with Gasteiger partial charge in [0.05, 0.1) is 0 Å². The van der Waals surface area contributed by atoms with Crippen LogP contribution in [0.15, 0.2) is 126 Å². The van der Waals surface area contributed by atoms with Crippen molar-refractivity contribution < 1.29 is 0 Å². The summed E-state index contributed by atoms with van der Waals surface area (Å²) in [6.45, 7) is 4.42. The highest BCUT2D eigenvalue weighted by Crippen LogP contribution is 2.45. The van der Waals surface area contributed by atoms with Gasteiger partial charge in [0.25, 0.3) is 0 Å². The second-order valence-corrected chi connectivity index (χ2v) is 11.7. The fourth-order valence-corrected chi connectivity index (χ4v) is 6.66. The second-order valence-electron chi connectivity index (χ2n) is 9.71. The SMILES string of the molecule is Cc1cccc(C)c1-c1c(Br)c(I)cc2ccc(-c3c(-c4ccccc4)cccc3-c3ccccc3)cc12. The van der Waals surface area contributed by atoms with E-state index in [1.165, 1.54) is 70.0 Å². The Labute approximate surface area is 246 Å². The van der Waals surface area contributed by atoms with E-state index in [1.54, 1.807) is 0 Å². The summed E-state index contributed by atoms with van der Waals surface area (Å²) >= 11 is 6.43. The van der Waals surface area contributed by atoms with Gasteiger partial charge in [-0.1, -0.05) is 109 Å². The van der Waals surface area contributed by atoms with Crippen molar-refractivity contribution in [2.75, 3.05) is 0 Å². The fraction of sp³-hybridized carbons (Fsp3) is 0.0556. The molecule has 0 nitrogen and oxygen atoms in total. The van der Waals surface area contributed by atoms with E-state index in [-0.39, 0.29) is 0 Å². The Morgan fingerprint density at radius 2 is 1.05 bits per heavy atom. The standard InChI is InChI=1S/C36H26BrI/c1-23-11-9-12-24(2)33(23)35-31-21-28(20-19-27(31)22-32(38)36(35)37)34-29(25-13-5-3-6-14-25)17-10-18-30(34)26-15-7-4-8-16-26/h3-22H,1-2H3. The zero-order chi connectivity index (χ0) is 26.2. The molecule has 6 aromatic rings. The average molecular weight is 665 g/mol. The van der Waals surface area contributed by atoms with Crippen LogP contribution in [0, 0.1) is 17.4 Å². The molecule has 38 heavy (non-hydrogen) atoms. The lowest BCUT2D eigenvalue weighted by Crippen LogP contribution is -1.95. The number of hydrogen-bond acceptors (Lipinski definition) is 0. The normalized spacial score (nSPS) is 11.2. The van der Waals surface area contributed by atoms with Crippen LogP contribution in [0.25, 0.3) is 55.3 Å². The van der Waals surface area contributed by atoms with Crippen LogP contribution < -0.4 is 0 Å². The molecule has 184 valence electrons. The van der Waals surface area contributed by atoms with Gasteiger partial charge in [-0.3, -0.25) is 0 Å². The molecule has 0 aromatic heterocycles. The number of halogens is 2. The lowest BCUT2D eigenvalue weighted by Gasteiger charge is -2.19. The molecule has 0 fully saturated rings. The molecule has 0 saturated carbocycles. The first-order chi connectivity index (χ1) is 18.5. The third kappa shape index (κ3) is 4.50. The lowest BCUT2D eigenvalue weighted by atomic mass is 9.85. The summed E-state index contributed by atoms with van der Waals surface area (Å²) in [5, 5.41) is 2.51. The Kier molecular flexibility index (Phi) is 6.94. The number of benzene rings is 6. The van der Waals surface area contributed by atoms with E-state index in [0.717, 1.165) is 4.47 Å². The smallest absolute Gasteiger partial charge is 0.0393 e. The lowest BCUT2D eigenvalue weighted by molar-refractivity contribution is 1.38. The van der Waals surface area contributed by atoms with E-state index in [2.05, 4.69) is 174 Å². The zero-order valence-corrected chi connectivity index (χ0v) is 25.0. The van der Waals surface area contributed by atoms with Crippen molar-refractivity contribution in [1.82, 2.24) is 0 Å². The summed E-state index contributed by atoms with van der Waals surface area (Å²) in [6, 6.07) is 43.9. The van der Waals surface area contributed by atoms with Crippen LogP contribution in [0.5, 0.6) is 0 Å².